The second kappa shape index (κ2) is 9.38. The summed E-state index contributed by atoms with van der Waals surface area (Å²) in [5.41, 5.74) is 0.882. The molecular formula is C23H35N5O2S. The van der Waals surface area contributed by atoms with E-state index in [9.17, 15) is 9.59 Å². The summed E-state index contributed by atoms with van der Waals surface area (Å²) in [4.78, 5) is 28.8. The van der Waals surface area contributed by atoms with Crippen molar-refractivity contribution in [1.29, 1.82) is 0 Å². The Morgan fingerprint density at radius 2 is 2.00 bits per heavy atom. The number of hydrogen-bond donors (Lipinski definition) is 1. The number of rotatable bonds is 8. The maximum Gasteiger partial charge on any atom is 0.278 e. The van der Waals surface area contributed by atoms with Gasteiger partial charge in [-0.15, -0.1) is 0 Å². The largest absolute Gasteiger partial charge is 0.349 e. The molecule has 2 atom stereocenters. The van der Waals surface area contributed by atoms with Crippen LogP contribution in [-0.4, -0.2) is 68.8 Å². The van der Waals surface area contributed by atoms with Gasteiger partial charge in [0, 0.05) is 36.9 Å². The molecule has 2 aliphatic rings. The monoisotopic (exact) mass is 445 g/mol. The predicted molar refractivity (Wildman–Crippen MR) is 127 cm³/mol. The van der Waals surface area contributed by atoms with E-state index in [-0.39, 0.29) is 29.1 Å². The fraction of sp³-hybridized carbons (Fsp3) is 0.652. The smallest absolute Gasteiger partial charge is 0.278 e. The third kappa shape index (κ3) is 4.56. The third-order valence-electron chi connectivity index (χ3n) is 6.88. The normalized spacial score (nSPS) is 23.9. The van der Waals surface area contributed by atoms with Crippen LogP contribution in [0.3, 0.4) is 0 Å². The molecule has 1 N–H and O–H groups in total. The molecule has 0 radical (unpaired) electrons. The van der Waals surface area contributed by atoms with Crippen LogP contribution in [0.15, 0.2) is 29.2 Å². The van der Waals surface area contributed by atoms with E-state index in [1.807, 2.05) is 36.7 Å². The molecule has 4 heterocycles. The standard InChI is InChI=1S/C23H35N5O2S/c1-16(2)28-23(30)21(15-20-7-5-12-27(20)28)22(29)24-17-13-18-8-9-19(14-17)26(18)11-6-10-25(3)31-4/h5,7,12,15-19H,6,8-11,13-14H2,1-4H3,(H,24,29). The van der Waals surface area contributed by atoms with Crippen LogP contribution in [0.1, 0.15) is 62.4 Å². The number of fused-ring (bicyclic) bond motifs is 3. The summed E-state index contributed by atoms with van der Waals surface area (Å²) in [5.74, 6) is -0.234. The Morgan fingerprint density at radius 3 is 2.65 bits per heavy atom. The van der Waals surface area contributed by atoms with Gasteiger partial charge in [-0.05, 0) is 84.0 Å². The molecule has 2 aliphatic heterocycles. The van der Waals surface area contributed by atoms with E-state index in [0.717, 1.165) is 31.4 Å². The van der Waals surface area contributed by atoms with Crippen LogP contribution in [0.25, 0.3) is 5.52 Å². The second-order valence-corrected chi connectivity index (χ2v) is 10.2. The SMILES string of the molecule is CSN(C)CCCN1C2CCC1CC(NC(=O)c1cc3cccn3n(C(C)C)c1=O)C2. The van der Waals surface area contributed by atoms with Gasteiger partial charge in [0.05, 0.1) is 5.52 Å². The molecule has 2 bridgehead atoms. The summed E-state index contributed by atoms with van der Waals surface area (Å²) >= 11 is 1.78. The van der Waals surface area contributed by atoms with Gasteiger partial charge < -0.3 is 5.32 Å². The molecule has 0 spiro atoms. The van der Waals surface area contributed by atoms with E-state index in [2.05, 4.69) is 27.8 Å². The average Bonchev–Trinajstić information content (AvgIpc) is 3.28. The molecule has 8 heteroatoms. The highest BCUT2D eigenvalue weighted by Crippen LogP contribution is 2.35. The van der Waals surface area contributed by atoms with E-state index in [1.54, 1.807) is 22.7 Å². The van der Waals surface area contributed by atoms with Crippen LogP contribution in [0.4, 0.5) is 0 Å². The summed E-state index contributed by atoms with van der Waals surface area (Å²) in [6, 6.07) is 6.77. The molecular weight excluding hydrogens is 410 g/mol. The van der Waals surface area contributed by atoms with E-state index in [0.29, 0.717) is 12.1 Å². The summed E-state index contributed by atoms with van der Waals surface area (Å²) in [6.45, 7) is 6.16. The molecule has 0 aromatic carbocycles. The number of carbonyl (C=O) groups excluding carboxylic acids is 1. The number of nitrogens with one attached hydrogen (secondary N) is 1. The molecule has 0 aliphatic carbocycles. The maximum absolute atomic E-state index is 13.1. The van der Waals surface area contributed by atoms with Gasteiger partial charge in [-0.3, -0.25) is 23.3 Å². The Balaban J connectivity index is 1.43. The number of amides is 1. The number of carbonyl (C=O) groups is 1. The average molecular weight is 446 g/mol. The zero-order chi connectivity index (χ0) is 22.1. The maximum atomic E-state index is 13.1. The van der Waals surface area contributed by atoms with Gasteiger partial charge in [0.1, 0.15) is 5.56 Å². The molecule has 2 aromatic heterocycles. The van der Waals surface area contributed by atoms with Gasteiger partial charge in [-0.1, -0.05) is 11.9 Å². The number of nitrogens with zero attached hydrogens (tertiary/aromatic N) is 4. The number of hydrogen-bond acceptors (Lipinski definition) is 5. The molecule has 2 aromatic rings. The number of piperidine rings is 1. The van der Waals surface area contributed by atoms with E-state index >= 15 is 0 Å². The summed E-state index contributed by atoms with van der Waals surface area (Å²) in [7, 11) is 2.14. The van der Waals surface area contributed by atoms with Gasteiger partial charge in [-0.25, -0.2) is 4.68 Å². The molecule has 170 valence electrons. The molecule has 0 saturated carbocycles. The highest BCUT2D eigenvalue weighted by Gasteiger charge is 2.40. The Hall–Kier alpha value is -1.77. The lowest BCUT2D eigenvalue weighted by atomic mass is 9.96. The fourth-order valence-corrected chi connectivity index (χ4v) is 5.67. The second-order valence-electron chi connectivity index (χ2n) is 9.23. The first-order valence-corrected chi connectivity index (χ1v) is 12.6. The lowest BCUT2D eigenvalue weighted by Gasteiger charge is -2.39. The van der Waals surface area contributed by atoms with Crippen molar-refractivity contribution in [2.24, 2.45) is 0 Å². The Morgan fingerprint density at radius 1 is 1.29 bits per heavy atom. The Labute approximate surface area is 188 Å². The molecule has 7 nitrogen and oxygen atoms in total. The molecule has 2 unspecified atom stereocenters. The van der Waals surface area contributed by atoms with Crippen molar-refractivity contribution in [3.63, 3.8) is 0 Å². The van der Waals surface area contributed by atoms with Crippen molar-refractivity contribution in [3.8, 4) is 0 Å². The van der Waals surface area contributed by atoms with Crippen molar-refractivity contribution in [1.82, 2.24) is 23.7 Å². The molecule has 2 fully saturated rings. The van der Waals surface area contributed by atoms with Crippen molar-refractivity contribution in [3.05, 3.63) is 40.3 Å². The Bertz CT molecular complexity index is 970. The first-order chi connectivity index (χ1) is 14.9. The number of aromatic nitrogens is 2. The zero-order valence-electron chi connectivity index (χ0n) is 19.1. The van der Waals surface area contributed by atoms with Gasteiger partial charge in [0.15, 0.2) is 0 Å². The van der Waals surface area contributed by atoms with Crippen LogP contribution in [-0.2, 0) is 0 Å². The molecule has 4 rings (SSSR count). The minimum atomic E-state index is -0.234. The topological polar surface area (TPSA) is 62.0 Å². The quantitative estimate of drug-likeness (QED) is 0.633. The molecule has 2 saturated heterocycles. The lowest BCUT2D eigenvalue weighted by molar-refractivity contribution is 0.0839. The van der Waals surface area contributed by atoms with E-state index < -0.39 is 0 Å². The summed E-state index contributed by atoms with van der Waals surface area (Å²) in [6.07, 6.45) is 9.54. The van der Waals surface area contributed by atoms with Crippen molar-refractivity contribution < 1.29 is 4.79 Å². The van der Waals surface area contributed by atoms with Gasteiger partial charge >= 0.3 is 0 Å². The van der Waals surface area contributed by atoms with Gasteiger partial charge in [-0.2, -0.15) is 0 Å². The highest BCUT2D eigenvalue weighted by molar-refractivity contribution is 7.96. The van der Waals surface area contributed by atoms with Gasteiger partial charge in [0.25, 0.3) is 11.5 Å². The van der Waals surface area contributed by atoms with Gasteiger partial charge in [0.2, 0.25) is 0 Å². The van der Waals surface area contributed by atoms with Crippen LogP contribution in [0.2, 0.25) is 0 Å². The van der Waals surface area contributed by atoms with Crippen LogP contribution in [0.5, 0.6) is 0 Å². The van der Waals surface area contributed by atoms with E-state index in [4.69, 9.17) is 0 Å². The van der Waals surface area contributed by atoms with Crippen LogP contribution in [0, 0.1) is 0 Å². The van der Waals surface area contributed by atoms with Crippen molar-refractivity contribution in [2.45, 2.75) is 70.1 Å². The fourth-order valence-electron chi connectivity index (χ4n) is 5.36. The lowest BCUT2D eigenvalue weighted by Crippen LogP contribution is -2.51. The predicted octanol–water partition coefficient (Wildman–Crippen LogP) is 3.01. The highest BCUT2D eigenvalue weighted by atomic mass is 32.2. The van der Waals surface area contributed by atoms with Crippen molar-refractivity contribution in [2.75, 3.05) is 26.4 Å². The zero-order valence-corrected chi connectivity index (χ0v) is 19.9. The minimum Gasteiger partial charge on any atom is -0.349 e. The van der Waals surface area contributed by atoms with Crippen LogP contribution >= 0.6 is 11.9 Å². The first kappa shape index (κ1) is 22.4. The molecule has 31 heavy (non-hydrogen) atoms. The first-order valence-electron chi connectivity index (χ1n) is 11.4. The Kier molecular flexibility index (Phi) is 6.79. The van der Waals surface area contributed by atoms with Crippen LogP contribution < -0.4 is 10.9 Å². The summed E-state index contributed by atoms with van der Waals surface area (Å²) < 4.78 is 5.76. The molecule has 1 amide bonds. The summed E-state index contributed by atoms with van der Waals surface area (Å²) in [5, 5.41) is 3.20. The minimum absolute atomic E-state index is 0.0283. The third-order valence-corrected chi connectivity index (χ3v) is 7.68. The van der Waals surface area contributed by atoms with Crippen molar-refractivity contribution >= 4 is 23.4 Å². The van der Waals surface area contributed by atoms with E-state index in [1.165, 1.54) is 19.3 Å².